The fourth-order valence-corrected chi connectivity index (χ4v) is 3.60. The molecule has 4 N–H and O–H groups in total. The second kappa shape index (κ2) is 7.82. The summed E-state index contributed by atoms with van der Waals surface area (Å²) in [5.41, 5.74) is 4.92. The van der Waals surface area contributed by atoms with E-state index in [1.54, 1.807) is 16.8 Å². The lowest BCUT2D eigenvalue weighted by Gasteiger charge is -2.35. The zero-order chi connectivity index (χ0) is 20.5. The molecule has 2 fully saturated rings. The van der Waals surface area contributed by atoms with Crippen LogP contribution in [0.15, 0.2) is 30.3 Å². The molecule has 0 radical (unpaired) electrons. The maximum atomic E-state index is 12.5. The number of anilines is 1. The molecule has 0 bridgehead atoms. The Morgan fingerprint density at radius 2 is 2.17 bits per heavy atom. The number of rotatable bonds is 5. The molecule has 2 aromatic rings. The molecule has 10 nitrogen and oxygen atoms in total. The first-order chi connectivity index (χ1) is 13.9. The summed E-state index contributed by atoms with van der Waals surface area (Å²) in [6, 6.07) is 9.26. The lowest BCUT2D eigenvalue weighted by molar-refractivity contribution is -0.131. The van der Waals surface area contributed by atoms with Crippen molar-refractivity contribution in [1.82, 2.24) is 30.8 Å². The van der Waals surface area contributed by atoms with E-state index in [-0.39, 0.29) is 30.5 Å². The van der Waals surface area contributed by atoms with Gasteiger partial charge in [-0.3, -0.25) is 20.3 Å². The molecule has 2 saturated heterocycles. The van der Waals surface area contributed by atoms with E-state index in [1.165, 1.54) is 0 Å². The van der Waals surface area contributed by atoms with Crippen LogP contribution in [0.25, 0.3) is 0 Å². The van der Waals surface area contributed by atoms with Gasteiger partial charge < -0.3 is 15.4 Å². The number of fused-ring (bicyclic) bond motifs is 1. The Bertz CT molecular complexity index is 928. The van der Waals surface area contributed by atoms with Crippen molar-refractivity contribution in [2.75, 3.05) is 25.5 Å². The van der Waals surface area contributed by atoms with E-state index in [9.17, 15) is 9.59 Å². The zero-order valence-electron chi connectivity index (χ0n) is 16.6. The minimum absolute atomic E-state index is 0.0659. The van der Waals surface area contributed by atoms with Crippen LogP contribution in [0.1, 0.15) is 17.5 Å². The van der Waals surface area contributed by atoms with Gasteiger partial charge in [0.1, 0.15) is 11.6 Å². The fourth-order valence-electron chi connectivity index (χ4n) is 3.60. The zero-order valence-corrected chi connectivity index (χ0v) is 16.6. The van der Waals surface area contributed by atoms with E-state index in [0.717, 1.165) is 11.3 Å². The number of ether oxygens (including phenoxy) is 1. The number of carbonyl (C=O) groups is 2. The summed E-state index contributed by atoms with van der Waals surface area (Å²) in [5, 5.41) is 15.4. The molecule has 0 spiro atoms. The van der Waals surface area contributed by atoms with Crippen molar-refractivity contribution in [3.8, 4) is 5.75 Å². The number of hydrogen-bond acceptors (Lipinski definition) is 7. The quantitative estimate of drug-likeness (QED) is 0.563. The van der Waals surface area contributed by atoms with E-state index >= 15 is 0 Å². The predicted molar refractivity (Wildman–Crippen MR) is 106 cm³/mol. The normalized spacial score (nSPS) is 24.1. The van der Waals surface area contributed by atoms with E-state index in [1.807, 2.05) is 44.1 Å². The van der Waals surface area contributed by atoms with Crippen LogP contribution in [-0.2, 0) is 9.59 Å². The second-order valence-electron chi connectivity index (χ2n) is 7.37. The van der Waals surface area contributed by atoms with Gasteiger partial charge in [-0.1, -0.05) is 12.1 Å². The average molecular weight is 399 g/mol. The van der Waals surface area contributed by atoms with Crippen LogP contribution in [0.4, 0.5) is 5.82 Å². The molecule has 154 valence electrons. The van der Waals surface area contributed by atoms with Gasteiger partial charge in [-0.2, -0.15) is 5.10 Å². The van der Waals surface area contributed by atoms with E-state index < -0.39 is 6.29 Å². The first-order valence-corrected chi connectivity index (χ1v) is 9.49. The van der Waals surface area contributed by atoms with Crippen molar-refractivity contribution in [2.45, 2.75) is 26.3 Å². The van der Waals surface area contributed by atoms with Crippen molar-refractivity contribution in [3.63, 3.8) is 0 Å². The van der Waals surface area contributed by atoms with Crippen LogP contribution in [0.2, 0.25) is 0 Å². The van der Waals surface area contributed by atoms with Crippen molar-refractivity contribution < 1.29 is 14.3 Å². The van der Waals surface area contributed by atoms with Gasteiger partial charge >= 0.3 is 0 Å². The van der Waals surface area contributed by atoms with Crippen molar-refractivity contribution in [1.29, 1.82) is 0 Å². The molecule has 2 amide bonds. The molecular weight excluding hydrogens is 374 g/mol. The fraction of sp³-hybridized carbons (Fsp3) is 0.421. The highest BCUT2D eigenvalue weighted by Gasteiger charge is 2.43. The van der Waals surface area contributed by atoms with Gasteiger partial charge in [-0.15, -0.1) is 0 Å². The van der Waals surface area contributed by atoms with Crippen LogP contribution < -0.4 is 26.1 Å². The maximum absolute atomic E-state index is 12.5. The summed E-state index contributed by atoms with van der Waals surface area (Å²) in [6.45, 7) is 4.23. The molecule has 3 atom stereocenters. The van der Waals surface area contributed by atoms with Crippen molar-refractivity contribution >= 4 is 17.6 Å². The van der Waals surface area contributed by atoms with Gasteiger partial charge in [-0.25, -0.2) is 9.69 Å². The van der Waals surface area contributed by atoms with E-state index in [4.69, 9.17) is 4.74 Å². The van der Waals surface area contributed by atoms with Gasteiger partial charge in [0.2, 0.25) is 5.91 Å². The summed E-state index contributed by atoms with van der Waals surface area (Å²) in [4.78, 5) is 24.9. The largest absolute Gasteiger partial charge is 0.484 e. The average Bonchev–Trinajstić information content (AvgIpc) is 3.23. The number of hydrogen-bond donors (Lipinski definition) is 4. The molecule has 3 heterocycles. The smallest absolute Gasteiger partial charge is 0.263 e. The van der Waals surface area contributed by atoms with Crippen molar-refractivity contribution in [3.05, 3.63) is 41.6 Å². The van der Waals surface area contributed by atoms with Crippen molar-refractivity contribution in [2.24, 2.45) is 5.92 Å². The van der Waals surface area contributed by atoms with Gasteiger partial charge in [-0.05, 0) is 31.5 Å². The van der Waals surface area contributed by atoms with Crippen LogP contribution >= 0.6 is 0 Å². The number of hydrazine groups is 1. The molecule has 29 heavy (non-hydrogen) atoms. The van der Waals surface area contributed by atoms with E-state index in [0.29, 0.717) is 18.1 Å². The Morgan fingerprint density at radius 1 is 1.34 bits per heavy atom. The minimum atomic E-state index is -0.576. The maximum Gasteiger partial charge on any atom is 0.263 e. The lowest BCUT2D eigenvalue weighted by atomic mass is 10.1. The third-order valence-corrected chi connectivity index (χ3v) is 5.03. The number of nitrogens with one attached hydrogen (secondary N) is 4. The summed E-state index contributed by atoms with van der Waals surface area (Å²) in [6.07, 6.45) is -0.737. The SMILES string of the molecule is Cc1cccc(OCC(=O)Nc2cc(C)nn2C2NC(=O)C3CNN(C)C3N2)c1. The number of benzene rings is 1. The lowest BCUT2D eigenvalue weighted by Crippen LogP contribution is -2.61. The molecule has 4 rings (SSSR count). The number of aromatic nitrogens is 2. The Kier molecular flexibility index (Phi) is 5.22. The Hall–Kier alpha value is -2.95. The molecular formula is C19H25N7O3. The topological polar surface area (TPSA) is 113 Å². The molecule has 0 saturated carbocycles. The molecule has 3 unspecified atom stereocenters. The Labute approximate surface area is 168 Å². The molecule has 1 aromatic heterocycles. The molecule has 0 aliphatic carbocycles. The highest BCUT2D eigenvalue weighted by Crippen LogP contribution is 2.23. The molecule has 2 aliphatic rings. The number of amides is 2. The van der Waals surface area contributed by atoms with Crippen LogP contribution in [0, 0.1) is 19.8 Å². The number of carbonyl (C=O) groups excluding carboxylic acids is 2. The van der Waals surface area contributed by atoms with Crippen LogP contribution in [0.3, 0.4) is 0 Å². The monoisotopic (exact) mass is 399 g/mol. The van der Waals surface area contributed by atoms with Crippen LogP contribution in [-0.4, -0.2) is 53.0 Å². The minimum Gasteiger partial charge on any atom is -0.484 e. The summed E-state index contributed by atoms with van der Waals surface area (Å²) >= 11 is 0. The highest BCUT2D eigenvalue weighted by molar-refractivity contribution is 5.91. The number of aryl methyl sites for hydroxylation is 2. The van der Waals surface area contributed by atoms with Crippen LogP contribution in [0.5, 0.6) is 5.75 Å². The summed E-state index contributed by atoms with van der Waals surface area (Å²) in [7, 11) is 1.88. The Balaban J connectivity index is 1.44. The first-order valence-electron chi connectivity index (χ1n) is 9.49. The van der Waals surface area contributed by atoms with Gasteiger partial charge in [0.05, 0.1) is 17.8 Å². The predicted octanol–water partition coefficient (Wildman–Crippen LogP) is 0.0852. The summed E-state index contributed by atoms with van der Waals surface area (Å²) in [5.74, 6) is 0.545. The molecule has 1 aromatic carbocycles. The Morgan fingerprint density at radius 3 is 2.97 bits per heavy atom. The second-order valence-corrected chi connectivity index (χ2v) is 7.37. The standard InChI is InChI=1S/C19H25N7O3/c1-11-5-4-6-13(7-11)29-10-16(27)21-15-8-12(2)24-26(15)19-22-17-14(18(28)23-19)9-20-25(17)3/h4-8,14,17,19-20,22H,9-10H2,1-3H3,(H,21,27)(H,23,28). The first kappa shape index (κ1) is 19.4. The molecule has 2 aliphatic heterocycles. The van der Waals surface area contributed by atoms with Gasteiger partial charge in [0.15, 0.2) is 12.9 Å². The molecule has 10 heteroatoms. The third-order valence-electron chi connectivity index (χ3n) is 5.03. The van der Waals surface area contributed by atoms with Gasteiger partial charge in [0.25, 0.3) is 5.91 Å². The third kappa shape index (κ3) is 4.09. The van der Waals surface area contributed by atoms with Gasteiger partial charge in [0, 0.05) is 19.7 Å². The highest BCUT2D eigenvalue weighted by atomic mass is 16.5. The summed E-state index contributed by atoms with van der Waals surface area (Å²) < 4.78 is 7.13. The number of nitrogens with zero attached hydrogens (tertiary/aromatic N) is 3. The van der Waals surface area contributed by atoms with E-state index in [2.05, 4.69) is 26.5 Å².